The second-order valence-electron chi connectivity index (χ2n) is 10.7. The maximum atomic E-state index is 13.8. The van der Waals surface area contributed by atoms with Gasteiger partial charge in [-0.25, -0.2) is 0 Å². The molecule has 0 saturated heterocycles. The summed E-state index contributed by atoms with van der Waals surface area (Å²) in [5.41, 5.74) is 0.927. The molecule has 0 radical (unpaired) electrons. The van der Waals surface area contributed by atoms with Gasteiger partial charge in [0.1, 0.15) is 11.4 Å². The first-order chi connectivity index (χ1) is 15.5. The first-order valence-corrected chi connectivity index (χ1v) is 12.2. The molecule has 1 fully saturated rings. The fourth-order valence-corrected chi connectivity index (χ4v) is 5.82. The van der Waals surface area contributed by atoms with Crippen molar-refractivity contribution in [1.82, 2.24) is 4.90 Å². The van der Waals surface area contributed by atoms with Crippen molar-refractivity contribution < 1.29 is 14.0 Å². The highest BCUT2D eigenvalue weighted by atomic mass is 35.5. The van der Waals surface area contributed by atoms with Crippen molar-refractivity contribution in [3.63, 3.8) is 0 Å². The number of halogens is 2. The maximum Gasteiger partial charge on any atom is 0.331 e. The van der Waals surface area contributed by atoms with Crippen LogP contribution in [0.1, 0.15) is 65.4 Å². The van der Waals surface area contributed by atoms with Gasteiger partial charge in [0.05, 0.1) is 0 Å². The van der Waals surface area contributed by atoms with Crippen LogP contribution >= 0.6 is 11.6 Å². The van der Waals surface area contributed by atoms with Crippen molar-refractivity contribution >= 4 is 29.3 Å². The summed E-state index contributed by atoms with van der Waals surface area (Å²) in [6.45, 7) is 8.87. The van der Waals surface area contributed by atoms with Gasteiger partial charge in [0.15, 0.2) is 0 Å². The number of amides is 1. The summed E-state index contributed by atoms with van der Waals surface area (Å²) in [5, 5.41) is 0.573. The smallest absolute Gasteiger partial charge is 0.309 e. The number of aliphatic imine (C=N–C) groups is 1. The third-order valence-electron chi connectivity index (χ3n) is 7.69. The van der Waals surface area contributed by atoms with Crippen LogP contribution < -0.4 is 0 Å². The Hall–Kier alpha value is -2.27. The lowest BCUT2D eigenvalue weighted by molar-refractivity contribution is -0.134. The number of nitrogens with zero attached hydrogens (tertiary/aromatic N) is 2. The van der Waals surface area contributed by atoms with Gasteiger partial charge in [0, 0.05) is 28.1 Å². The molecule has 1 aliphatic heterocycles. The lowest BCUT2D eigenvalue weighted by Gasteiger charge is -2.48. The number of carbonyl (C=O) groups excluding carboxylic acids is 2. The largest absolute Gasteiger partial charge is 0.331 e. The summed E-state index contributed by atoms with van der Waals surface area (Å²) >= 11 is 6.22. The summed E-state index contributed by atoms with van der Waals surface area (Å²) in [6, 6.07) is 5.74. The summed E-state index contributed by atoms with van der Waals surface area (Å²) in [7, 11) is 0. The van der Waals surface area contributed by atoms with Crippen LogP contribution in [0, 0.1) is 17.3 Å². The van der Waals surface area contributed by atoms with Crippen LogP contribution in [0.4, 0.5) is 4.39 Å². The van der Waals surface area contributed by atoms with E-state index in [9.17, 15) is 14.0 Å². The van der Waals surface area contributed by atoms with Crippen LogP contribution in [0.3, 0.4) is 0 Å². The van der Waals surface area contributed by atoms with Gasteiger partial charge in [-0.3, -0.25) is 14.6 Å². The molecule has 6 heteroatoms. The van der Waals surface area contributed by atoms with Gasteiger partial charge in [-0.05, 0) is 62.5 Å². The summed E-state index contributed by atoms with van der Waals surface area (Å²) in [4.78, 5) is 32.0. The molecule has 4 nitrogen and oxygen atoms in total. The van der Waals surface area contributed by atoms with E-state index in [0.29, 0.717) is 23.1 Å². The van der Waals surface area contributed by atoms with Crippen LogP contribution in [0.15, 0.2) is 53.1 Å². The Labute approximate surface area is 200 Å². The van der Waals surface area contributed by atoms with Gasteiger partial charge < -0.3 is 4.90 Å². The predicted octanol–water partition coefficient (Wildman–Crippen LogP) is 6.29. The molecule has 2 atom stereocenters. The number of benzene rings is 1. The zero-order chi connectivity index (χ0) is 24.0. The van der Waals surface area contributed by atoms with Gasteiger partial charge in [-0.1, -0.05) is 62.7 Å². The summed E-state index contributed by atoms with van der Waals surface area (Å²) < 4.78 is 13.1. The van der Waals surface area contributed by atoms with Crippen molar-refractivity contribution in [1.29, 1.82) is 0 Å². The molecule has 2 unspecified atom stereocenters. The first-order valence-electron chi connectivity index (χ1n) is 11.8. The predicted molar refractivity (Wildman–Crippen MR) is 130 cm³/mol. The molecule has 1 amide bonds. The topological polar surface area (TPSA) is 49.7 Å². The molecule has 3 aliphatic rings. The second-order valence-corrected chi connectivity index (χ2v) is 11.1. The highest BCUT2D eigenvalue weighted by Gasteiger charge is 2.52. The fourth-order valence-electron chi connectivity index (χ4n) is 5.63. The molecule has 176 valence electrons. The van der Waals surface area contributed by atoms with E-state index < -0.39 is 11.7 Å². The Balaban J connectivity index is 1.67. The van der Waals surface area contributed by atoms with Crippen LogP contribution in [0.2, 0.25) is 5.02 Å². The molecule has 1 heterocycles. The van der Waals surface area contributed by atoms with Gasteiger partial charge >= 0.3 is 6.04 Å². The highest BCUT2D eigenvalue weighted by molar-refractivity contribution is 6.47. The number of allylic oxidation sites excluding steroid dienone is 3. The Bertz CT molecular complexity index is 1040. The lowest BCUT2D eigenvalue weighted by atomic mass is 9.69. The van der Waals surface area contributed by atoms with E-state index in [1.807, 2.05) is 30.0 Å². The summed E-state index contributed by atoms with van der Waals surface area (Å²) in [5.74, 6) is 0.489. The van der Waals surface area contributed by atoms with E-state index in [0.717, 1.165) is 31.2 Å². The van der Waals surface area contributed by atoms with Gasteiger partial charge in [0.2, 0.25) is 0 Å². The number of hydrogen-bond donors (Lipinski definition) is 0. The SMILES string of the molecule is CC(C1C=CC(C(=O)F)=CC1)N1C(=O)C(c2cccc(Cl)c2)=NC12CCC(C(C)(C)C)CC2. The van der Waals surface area contributed by atoms with Crippen molar-refractivity contribution in [2.75, 3.05) is 0 Å². The van der Waals surface area contributed by atoms with E-state index >= 15 is 0 Å². The standard InChI is InChI=1S/C27H32ClFN2O2/c1-17(18-8-10-19(11-9-18)24(29)32)31-25(33)23(20-6-5-7-22(28)16-20)30-27(31)14-12-21(13-15-27)26(2,3)4/h5-8,10-11,16-18,21H,9,12-15H2,1-4H3. The molecule has 1 aromatic rings. The molecule has 1 spiro atoms. The highest BCUT2D eigenvalue weighted by Crippen LogP contribution is 2.48. The van der Waals surface area contributed by atoms with Crippen molar-refractivity contribution in [2.45, 2.75) is 71.5 Å². The molecule has 1 saturated carbocycles. The number of rotatable bonds is 4. The van der Waals surface area contributed by atoms with Crippen molar-refractivity contribution in [3.8, 4) is 0 Å². The Kier molecular flexibility index (Phi) is 6.38. The molecule has 2 aliphatic carbocycles. The first kappa shape index (κ1) is 23.9. The van der Waals surface area contributed by atoms with Crippen LogP contribution in [0.25, 0.3) is 0 Å². The Morgan fingerprint density at radius 1 is 1.27 bits per heavy atom. The normalized spacial score (nSPS) is 28.7. The van der Waals surface area contributed by atoms with E-state index in [4.69, 9.17) is 16.6 Å². The minimum atomic E-state index is -1.42. The minimum Gasteiger partial charge on any atom is -0.309 e. The maximum absolute atomic E-state index is 13.8. The molecule has 0 bridgehead atoms. The van der Waals surface area contributed by atoms with Crippen LogP contribution in [0.5, 0.6) is 0 Å². The Morgan fingerprint density at radius 2 is 1.97 bits per heavy atom. The van der Waals surface area contributed by atoms with E-state index in [1.165, 1.54) is 6.08 Å². The summed E-state index contributed by atoms with van der Waals surface area (Å²) in [6.07, 6.45) is 9.18. The van der Waals surface area contributed by atoms with Crippen molar-refractivity contribution in [2.24, 2.45) is 22.2 Å². The van der Waals surface area contributed by atoms with E-state index in [-0.39, 0.29) is 28.9 Å². The third-order valence-corrected chi connectivity index (χ3v) is 7.92. The average Bonchev–Trinajstić information content (AvgIpc) is 3.04. The second kappa shape index (κ2) is 8.83. The quantitative estimate of drug-likeness (QED) is 0.485. The van der Waals surface area contributed by atoms with Crippen LogP contribution in [-0.2, 0) is 9.59 Å². The number of carbonyl (C=O) groups is 2. The van der Waals surface area contributed by atoms with E-state index in [1.54, 1.807) is 18.2 Å². The van der Waals surface area contributed by atoms with Gasteiger partial charge in [0.25, 0.3) is 5.91 Å². The van der Waals surface area contributed by atoms with Gasteiger partial charge in [-0.15, -0.1) is 0 Å². The minimum absolute atomic E-state index is 0.0109. The zero-order valence-electron chi connectivity index (χ0n) is 19.8. The molecule has 33 heavy (non-hydrogen) atoms. The molecule has 4 rings (SSSR count). The molecular formula is C27H32ClFN2O2. The molecule has 1 aromatic carbocycles. The third kappa shape index (κ3) is 4.57. The average molecular weight is 471 g/mol. The van der Waals surface area contributed by atoms with Crippen LogP contribution in [-0.4, -0.2) is 34.3 Å². The monoisotopic (exact) mass is 470 g/mol. The lowest BCUT2D eigenvalue weighted by Crippen LogP contribution is -2.55. The molecule has 0 aromatic heterocycles. The molecule has 0 N–H and O–H groups in total. The Morgan fingerprint density at radius 3 is 2.52 bits per heavy atom. The fraction of sp³-hybridized carbons (Fsp3) is 0.519. The van der Waals surface area contributed by atoms with Gasteiger partial charge in [-0.2, -0.15) is 4.39 Å². The zero-order valence-corrected chi connectivity index (χ0v) is 20.5. The van der Waals surface area contributed by atoms with E-state index in [2.05, 4.69) is 20.8 Å². The van der Waals surface area contributed by atoms with Crippen molar-refractivity contribution in [3.05, 3.63) is 58.7 Å². The number of hydrogen-bond acceptors (Lipinski definition) is 3. The molecular weight excluding hydrogens is 439 g/mol.